The zero-order chi connectivity index (χ0) is 21.7. The molecule has 160 valence electrons. The highest BCUT2D eigenvalue weighted by molar-refractivity contribution is 6.30. The maximum Gasteiger partial charge on any atom is 0.296 e. The number of aromatic nitrogens is 1. The molecule has 2 N–H and O–H groups in total. The number of benzene rings is 1. The minimum absolute atomic E-state index is 0.0433. The second-order valence-electron chi connectivity index (χ2n) is 8.94. The number of halogens is 2. The fourth-order valence-corrected chi connectivity index (χ4v) is 6.01. The average Bonchev–Trinajstić information content (AvgIpc) is 3.37. The Kier molecular flexibility index (Phi) is 3.71. The van der Waals surface area contributed by atoms with Gasteiger partial charge in [0.25, 0.3) is 17.4 Å². The van der Waals surface area contributed by atoms with E-state index in [9.17, 15) is 23.9 Å². The summed E-state index contributed by atoms with van der Waals surface area (Å²) >= 11 is 5.84. The quantitative estimate of drug-likeness (QED) is 0.745. The first kappa shape index (κ1) is 18.9. The van der Waals surface area contributed by atoms with Crippen LogP contribution in [0.25, 0.3) is 0 Å². The topological polar surface area (TPSA) is 91.6 Å². The van der Waals surface area contributed by atoms with Gasteiger partial charge in [0.1, 0.15) is 17.2 Å². The van der Waals surface area contributed by atoms with Crippen LogP contribution in [0, 0.1) is 17.7 Å². The molecule has 9 heteroatoms. The summed E-state index contributed by atoms with van der Waals surface area (Å²) < 4.78 is 14.9. The van der Waals surface area contributed by atoms with Crippen molar-refractivity contribution in [3.63, 3.8) is 0 Å². The van der Waals surface area contributed by atoms with Crippen LogP contribution in [0.4, 0.5) is 4.39 Å². The molecule has 6 rings (SSSR count). The lowest BCUT2D eigenvalue weighted by Gasteiger charge is -2.32. The monoisotopic (exact) mass is 443 g/mol. The number of carbonyl (C=O) groups excluding carboxylic acids is 2. The van der Waals surface area contributed by atoms with Crippen molar-refractivity contribution in [3.05, 3.63) is 61.8 Å². The first-order valence-corrected chi connectivity index (χ1v) is 10.8. The number of hydrogen-bond acceptors (Lipinski definition) is 4. The molecule has 1 aromatic heterocycles. The number of carbonyl (C=O) groups is 2. The second kappa shape index (κ2) is 6.09. The van der Waals surface area contributed by atoms with Gasteiger partial charge < -0.3 is 15.3 Å². The van der Waals surface area contributed by atoms with Crippen LogP contribution < -0.4 is 10.9 Å². The molecule has 2 aliphatic heterocycles. The number of hydrogen-bond donors (Lipinski definition) is 2. The largest absolute Gasteiger partial charge is 0.502 e. The van der Waals surface area contributed by atoms with E-state index in [1.54, 1.807) is 0 Å². The van der Waals surface area contributed by atoms with Crippen molar-refractivity contribution in [2.75, 3.05) is 6.54 Å². The van der Waals surface area contributed by atoms with E-state index >= 15 is 0 Å². The first-order valence-electron chi connectivity index (χ1n) is 10.4. The maximum atomic E-state index is 13.4. The second-order valence-corrected chi connectivity index (χ2v) is 9.34. The first-order chi connectivity index (χ1) is 14.8. The highest BCUT2D eigenvalue weighted by Crippen LogP contribution is 2.61. The molecular formula is C22H19ClFN3O4. The molecule has 1 aromatic carbocycles. The van der Waals surface area contributed by atoms with Gasteiger partial charge in [-0.15, -0.1) is 0 Å². The van der Waals surface area contributed by atoms with Gasteiger partial charge in [0, 0.05) is 24.6 Å². The van der Waals surface area contributed by atoms with E-state index in [-0.39, 0.29) is 34.6 Å². The van der Waals surface area contributed by atoms with Crippen LogP contribution in [0.1, 0.15) is 51.2 Å². The minimum Gasteiger partial charge on any atom is -0.502 e. The van der Waals surface area contributed by atoms with Crippen molar-refractivity contribution in [1.82, 2.24) is 14.8 Å². The van der Waals surface area contributed by atoms with Gasteiger partial charge >= 0.3 is 0 Å². The number of aromatic hydroxyl groups is 1. The van der Waals surface area contributed by atoms with Gasteiger partial charge in [-0.05, 0) is 49.3 Å². The summed E-state index contributed by atoms with van der Waals surface area (Å²) in [4.78, 5) is 40.8. The maximum absolute atomic E-state index is 13.4. The lowest BCUT2D eigenvalue weighted by atomic mass is 9.95. The zero-order valence-electron chi connectivity index (χ0n) is 16.5. The van der Waals surface area contributed by atoms with Crippen molar-refractivity contribution >= 4 is 23.4 Å². The third-order valence-electron chi connectivity index (χ3n) is 7.32. The van der Waals surface area contributed by atoms with Crippen LogP contribution in [0.15, 0.2) is 23.0 Å². The van der Waals surface area contributed by atoms with Crippen LogP contribution in [0.3, 0.4) is 0 Å². The highest BCUT2D eigenvalue weighted by atomic mass is 35.5. The van der Waals surface area contributed by atoms with Crippen molar-refractivity contribution in [3.8, 4) is 5.75 Å². The van der Waals surface area contributed by atoms with E-state index in [0.29, 0.717) is 36.4 Å². The standard InChI is InChI=1S/C22H19ClFN3O4/c23-14-7-10(1-2-15(14)24)9-26-6-4-12-16(20(26)30)18(28)21(31)27-17(12)19(29)25-22(27)5-3-11-8-13(11)22/h1-2,7,11,13,28H,3-6,8-9H2,(H,25,29)/t11?,13-,22?/m0/s1. The zero-order valence-corrected chi connectivity index (χ0v) is 17.2. The Morgan fingerprint density at radius 1 is 1.29 bits per heavy atom. The fourth-order valence-electron chi connectivity index (χ4n) is 5.81. The molecule has 2 fully saturated rings. The molecule has 2 aromatic rings. The molecule has 3 atom stereocenters. The summed E-state index contributed by atoms with van der Waals surface area (Å²) in [6.45, 7) is 0.452. The van der Waals surface area contributed by atoms with Gasteiger partial charge in [0.15, 0.2) is 5.75 Å². The summed E-state index contributed by atoms with van der Waals surface area (Å²) in [5, 5.41) is 13.8. The van der Waals surface area contributed by atoms with Gasteiger partial charge in [-0.25, -0.2) is 4.39 Å². The lowest BCUT2D eigenvalue weighted by Crippen LogP contribution is -2.48. The van der Waals surface area contributed by atoms with Crippen LogP contribution in [-0.2, 0) is 18.6 Å². The summed E-state index contributed by atoms with van der Waals surface area (Å²) in [6.07, 6.45) is 2.87. The van der Waals surface area contributed by atoms with Crippen molar-refractivity contribution in [2.24, 2.45) is 11.8 Å². The molecule has 3 heterocycles. The number of nitrogens with zero attached hydrogens (tertiary/aromatic N) is 2. The summed E-state index contributed by atoms with van der Waals surface area (Å²) in [5.74, 6) is -1.34. The average molecular weight is 444 g/mol. The van der Waals surface area contributed by atoms with E-state index in [4.69, 9.17) is 11.6 Å². The van der Waals surface area contributed by atoms with E-state index in [1.165, 1.54) is 27.7 Å². The molecule has 0 radical (unpaired) electrons. The van der Waals surface area contributed by atoms with Crippen LogP contribution in [0.2, 0.25) is 5.02 Å². The van der Waals surface area contributed by atoms with Gasteiger partial charge in [0.05, 0.1) is 10.6 Å². The van der Waals surface area contributed by atoms with Crippen LogP contribution >= 0.6 is 11.6 Å². The Hall–Kier alpha value is -2.87. The molecule has 31 heavy (non-hydrogen) atoms. The molecule has 1 spiro atoms. The van der Waals surface area contributed by atoms with Gasteiger partial charge in [0.2, 0.25) is 0 Å². The van der Waals surface area contributed by atoms with Crippen molar-refractivity contribution < 1.29 is 19.1 Å². The van der Waals surface area contributed by atoms with Crippen LogP contribution in [0.5, 0.6) is 5.75 Å². The number of fused-ring (bicyclic) bond motifs is 6. The van der Waals surface area contributed by atoms with Crippen molar-refractivity contribution in [2.45, 2.75) is 37.9 Å². The van der Waals surface area contributed by atoms with Crippen LogP contribution in [-0.4, -0.2) is 32.9 Å². The minimum atomic E-state index is -0.772. The smallest absolute Gasteiger partial charge is 0.296 e. The van der Waals surface area contributed by atoms with Gasteiger partial charge in [-0.3, -0.25) is 19.0 Å². The highest BCUT2D eigenvalue weighted by Gasteiger charge is 2.63. The molecule has 2 amide bonds. The van der Waals surface area contributed by atoms with Gasteiger partial charge in [-0.2, -0.15) is 0 Å². The summed E-state index contributed by atoms with van der Waals surface area (Å²) in [7, 11) is 0. The molecule has 2 aliphatic carbocycles. The van der Waals surface area contributed by atoms with Gasteiger partial charge in [-0.1, -0.05) is 17.7 Å². The molecular weight excluding hydrogens is 425 g/mol. The number of rotatable bonds is 2. The molecule has 0 saturated heterocycles. The number of amides is 2. The predicted octanol–water partition coefficient (Wildman–Crippen LogP) is 2.37. The Labute approximate surface area is 181 Å². The molecule has 4 aliphatic rings. The molecule has 2 unspecified atom stereocenters. The Balaban J connectivity index is 1.43. The summed E-state index contributed by atoms with van der Waals surface area (Å²) in [6, 6.07) is 4.21. The predicted molar refractivity (Wildman–Crippen MR) is 108 cm³/mol. The van der Waals surface area contributed by atoms with E-state index in [1.807, 2.05) is 0 Å². The normalized spacial score (nSPS) is 27.9. The molecule has 0 bridgehead atoms. The van der Waals surface area contributed by atoms with E-state index < -0.39 is 28.7 Å². The Morgan fingerprint density at radius 2 is 2.10 bits per heavy atom. The van der Waals surface area contributed by atoms with E-state index in [0.717, 1.165) is 12.8 Å². The Bertz CT molecular complexity index is 1260. The third kappa shape index (κ3) is 2.42. The SMILES string of the molecule is O=C1NC2(CCC3C[C@@H]32)n2c1c1c(c(O)c2=O)C(=O)N(Cc2ccc(F)c(Cl)c2)CC1. The van der Waals surface area contributed by atoms with E-state index in [2.05, 4.69) is 5.32 Å². The number of pyridine rings is 1. The molecule has 2 saturated carbocycles. The summed E-state index contributed by atoms with van der Waals surface area (Å²) in [5.41, 5.74) is -0.306. The third-order valence-corrected chi connectivity index (χ3v) is 7.61. The number of nitrogens with one attached hydrogen (secondary N) is 1. The Morgan fingerprint density at radius 3 is 2.77 bits per heavy atom. The lowest BCUT2D eigenvalue weighted by molar-refractivity contribution is 0.0721. The van der Waals surface area contributed by atoms with Crippen molar-refractivity contribution in [1.29, 1.82) is 0 Å². The fraction of sp³-hybridized carbons (Fsp3) is 0.409. The molecule has 7 nitrogen and oxygen atoms in total.